The lowest BCUT2D eigenvalue weighted by Gasteiger charge is -2.25. The molecule has 0 aromatic rings. The number of nitrogens with two attached hydrogens (primary N) is 1. The first kappa shape index (κ1) is 6.58. The Labute approximate surface area is 60.5 Å². The van der Waals surface area contributed by atoms with Crippen molar-refractivity contribution in [1.82, 2.24) is 0 Å². The van der Waals surface area contributed by atoms with Crippen LogP contribution in [-0.2, 0) is 9.47 Å². The molecule has 3 heteroatoms. The van der Waals surface area contributed by atoms with Crippen LogP contribution in [0.3, 0.4) is 0 Å². The largest absolute Gasteiger partial charge is 0.355 e. The van der Waals surface area contributed by atoms with Gasteiger partial charge in [-0.3, -0.25) is 0 Å². The SMILES string of the molecule is NC1CC2COCOC2C1. The number of rotatable bonds is 0. The molecule has 2 N–H and O–H groups in total. The van der Waals surface area contributed by atoms with Crippen molar-refractivity contribution in [2.45, 2.75) is 25.0 Å². The second-order valence-electron chi connectivity index (χ2n) is 3.19. The van der Waals surface area contributed by atoms with E-state index >= 15 is 0 Å². The molecule has 0 spiro atoms. The van der Waals surface area contributed by atoms with Gasteiger partial charge in [0.25, 0.3) is 0 Å². The zero-order chi connectivity index (χ0) is 6.97. The third kappa shape index (κ3) is 1.05. The van der Waals surface area contributed by atoms with Crippen LogP contribution in [-0.4, -0.2) is 25.5 Å². The Kier molecular flexibility index (Phi) is 1.64. The molecule has 0 bridgehead atoms. The summed E-state index contributed by atoms with van der Waals surface area (Å²) >= 11 is 0. The van der Waals surface area contributed by atoms with E-state index in [1.54, 1.807) is 0 Å². The summed E-state index contributed by atoms with van der Waals surface area (Å²) in [6.07, 6.45) is 2.49. The van der Waals surface area contributed by atoms with Crippen molar-refractivity contribution < 1.29 is 9.47 Å². The van der Waals surface area contributed by atoms with Crippen molar-refractivity contribution in [3.05, 3.63) is 0 Å². The Morgan fingerprint density at radius 1 is 1.30 bits per heavy atom. The third-order valence-corrected chi connectivity index (χ3v) is 2.36. The molecule has 1 saturated heterocycles. The van der Waals surface area contributed by atoms with Gasteiger partial charge in [0, 0.05) is 12.0 Å². The zero-order valence-electron chi connectivity index (χ0n) is 5.95. The highest BCUT2D eigenvalue weighted by molar-refractivity contribution is 4.87. The molecule has 1 heterocycles. The highest BCUT2D eigenvalue weighted by Crippen LogP contribution is 2.30. The molecule has 2 rings (SSSR count). The van der Waals surface area contributed by atoms with E-state index in [1.807, 2.05) is 0 Å². The number of hydrogen-bond acceptors (Lipinski definition) is 3. The van der Waals surface area contributed by atoms with Crippen LogP contribution >= 0.6 is 0 Å². The van der Waals surface area contributed by atoms with Gasteiger partial charge in [0.05, 0.1) is 12.7 Å². The molecule has 1 aliphatic carbocycles. The molecule has 0 radical (unpaired) electrons. The molecule has 2 aliphatic rings. The van der Waals surface area contributed by atoms with Crippen LogP contribution in [0.1, 0.15) is 12.8 Å². The van der Waals surface area contributed by atoms with Crippen molar-refractivity contribution in [1.29, 1.82) is 0 Å². The molecule has 0 aromatic carbocycles. The Balaban J connectivity index is 1.97. The third-order valence-electron chi connectivity index (χ3n) is 2.36. The fraction of sp³-hybridized carbons (Fsp3) is 1.00. The summed E-state index contributed by atoms with van der Waals surface area (Å²) in [5, 5.41) is 0. The number of fused-ring (bicyclic) bond motifs is 1. The maximum atomic E-state index is 5.76. The van der Waals surface area contributed by atoms with Crippen LogP contribution in [0.15, 0.2) is 0 Å². The van der Waals surface area contributed by atoms with Crippen LogP contribution in [0.25, 0.3) is 0 Å². The smallest absolute Gasteiger partial charge is 0.147 e. The molecule has 0 amide bonds. The van der Waals surface area contributed by atoms with Crippen molar-refractivity contribution in [2.24, 2.45) is 11.7 Å². The summed E-state index contributed by atoms with van der Waals surface area (Å²) in [6.45, 7) is 1.31. The molecule has 58 valence electrons. The first-order valence-electron chi connectivity index (χ1n) is 3.81. The van der Waals surface area contributed by atoms with E-state index in [1.165, 1.54) is 0 Å². The van der Waals surface area contributed by atoms with Crippen LogP contribution in [0, 0.1) is 5.92 Å². The lowest BCUT2D eigenvalue weighted by molar-refractivity contribution is -0.159. The van der Waals surface area contributed by atoms with E-state index < -0.39 is 0 Å². The van der Waals surface area contributed by atoms with Gasteiger partial charge in [-0.1, -0.05) is 0 Å². The molecule has 3 unspecified atom stereocenters. The van der Waals surface area contributed by atoms with E-state index in [9.17, 15) is 0 Å². The maximum Gasteiger partial charge on any atom is 0.147 e. The highest BCUT2D eigenvalue weighted by atomic mass is 16.7. The summed E-state index contributed by atoms with van der Waals surface area (Å²) in [4.78, 5) is 0. The first-order valence-corrected chi connectivity index (χ1v) is 3.81. The molecule has 0 aromatic heterocycles. The summed E-state index contributed by atoms with van der Waals surface area (Å²) < 4.78 is 10.5. The lowest BCUT2D eigenvalue weighted by atomic mass is 10.1. The summed E-state index contributed by atoms with van der Waals surface area (Å²) in [7, 11) is 0. The average Bonchev–Trinajstić information content (AvgIpc) is 2.27. The van der Waals surface area contributed by atoms with Gasteiger partial charge >= 0.3 is 0 Å². The van der Waals surface area contributed by atoms with Gasteiger partial charge < -0.3 is 15.2 Å². The van der Waals surface area contributed by atoms with Gasteiger partial charge in [-0.15, -0.1) is 0 Å². The molecule has 1 aliphatic heterocycles. The fourth-order valence-electron chi connectivity index (χ4n) is 1.84. The van der Waals surface area contributed by atoms with Gasteiger partial charge in [0.1, 0.15) is 6.79 Å². The quantitative estimate of drug-likeness (QED) is 0.523. The molecular formula is C7H13NO2. The summed E-state index contributed by atoms with van der Waals surface area (Å²) in [5.41, 5.74) is 5.76. The van der Waals surface area contributed by atoms with Crippen LogP contribution < -0.4 is 5.73 Å². The minimum Gasteiger partial charge on any atom is -0.355 e. The minimum absolute atomic E-state index is 0.344. The normalized spacial score (nSPS) is 47.1. The van der Waals surface area contributed by atoms with Gasteiger partial charge in [-0.2, -0.15) is 0 Å². The van der Waals surface area contributed by atoms with E-state index in [4.69, 9.17) is 15.2 Å². The minimum atomic E-state index is 0.344. The maximum absolute atomic E-state index is 5.76. The Morgan fingerprint density at radius 2 is 2.20 bits per heavy atom. The summed E-state index contributed by atoms with van der Waals surface area (Å²) in [5.74, 6) is 0.573. The van der Waals surface area contributed by atoms with Crippen molar-refractivity contribution >= 4 is 0 Å². The number of hydrogen-bond donors (Lipinski definition) is 1. The van der Waals surface area contributed by atoms with Gasteiger partial charge in [0.15, 0.2) is 0 Å². The Hall–Kier alpha value is -0.120. The molecule has 10 heavy (non-hydrogen) atoms. The predicted octanol–water partition coefficient (Wildman–Crippen LogP) is 0.0966. The standard InChI is InChI=1S/C7H13NO2/c8-6-1-5-3-9-4-10-7(5)2-6/h5-7H,1-4,8H2. The predicted molar refractivity (Wildman–Crippen MR) is 36.4 cm³/mol. The molecule has 3 atom stereocenters. The van der Waals surface area contributed by atoms with Crippen molar-refractivity contribution in [3.8, 4) is 0 Å². The molecule has 3 nitrogen and oxygen atoms in total. The summed E-state index contributed by atoms with van der Waals surface area (Å²) in [6, 6.07) is 0.344. The van der Waals surface area contributed by atoms with Crippen LogP contribution in [0.4, 0.5) is 0 Å². The van der Waals surface area contributed by atoms with E-state index in [0.717, 1.165) is 19.4 Å². The van der Waals surface area contributed by atoms with Gasteiger partial charge in [-0.05, 0) is 12.8 Å². The van der Waals surface area contributed by atoms with E-state index in [0.29, 0.717) is 24.9 Å². The molecular weight excluding hydrogens is 130 g/mol. The lowest BCUT2D eigenvalue weighted by Crippen LogP contribution is -2.29. The zero-order valence-corrected chi connectivity index (χ0v) is 5.95. The molecule has 2 fully saturated rings. The topological polar surface area (TPSA) is 44.5 Å². The molecule has 1 saturated carbocycles. The second kappa shape index (κ2) is 2.49. The number of ether oxygens (including phenoxy) is 2. The fourth-order valence-corrected chi connectivity index (χ4v) is 1.84. The van der Waals surface area contributed by atoms with Crippen LogP contribution in [0.2, 0.25) is 0 Å². The monoisotopic (exact) mass is 143 g/mol. The van der Waals surface area contributed by atoms with Crippen molar-refractivity contribution in [2.75, 3.05) is 13.4 Å². The highest BCUT2D eigenvalue weighted by Gasteiger charge is 2.35. The first-order chi connectivity index (χ1) is 4.86. The Morgan fingerprint density at radius 3 is 3.00 bits per heavy atom. The van der Waals surface area contributed by atoms with Crippen LogP contribution in [0.5, 0.6) is 0 Å². The van der Waals surface area contributed by atoms with Crippen molar-refractivity contribution in [3.63, 3.8) is 0 Å². The van der Waals surface area contributed by atoms with Gasteiger partial charge in [0.2, 0.25) is 0 Å². The Bertz CT molecular complexity index is 115. The second-order valence-corrected chi connectivity index (χ2v) is 3.19. The average molecular weight is 143 g/mol. The van der Waals surface area contributed by atoms with Gasteiger partial charge in [-0.25, -0.2) is 0 Å². The van der Waals surface area contributed by atoms with E-state index in [-0.39, 0.29) is 0 Å². The van der Waals surface area contributed by atoms with E-state index in [2.05, 4.69) is 0 Å².